The lowest BCUT2D eigenvalue weighted by Crippen LogP contribution is -2.51. The van der Waals surface area contributed by atoms with Gasteiger partial charge in [-0.3, -0.25) is 9.59 Å². The lowest BCUT2D eigenvalue weighted by atomic mass is 9.49. The zero-order valence-corrected chi connectivity index (χ0v) is 18.6. The largest absolute Gasteiger partial charge is 0.349 e. The number of rotatable bonds is 5. The Kier molecular flexibility index (Phi) is 4.53. The van der Waals surface area contributed by atoms with Crippen molar-refractivity contribution in [3.05, 3.63) is 60.2 Å². The van der Waals surface area contributed by atoms with Gasteiger partial charge in [0.15, 0.2) is 0 Å². The van der Waals surface area contributed by atoms with E-state index in [-0.39, 0.29) is 5.41 Å². The quantitative estimate of drug-likeness (QED) is 0.441. The van der Waals surface area contributed by atoms with Gasteiger partial charge >= 0.3 is 0 Å². The summed E-state index contributed by atoms with van der Waals surface area (Å²) in [6.45, 7) is 0.645. The number of carbonyl (C=O) groups is 2. The molecular weight excluding hydrogens is 396 g/mol. The van der Waals surface area contributed by atoms with Crippen molar-refractivity contribution in [1.82, 2.24) is 9.88 Å². The second-order valence-corrected chi connectivity index (χ2v) is 10.6. The summed E-state index contributed by atoms with van der Waals surface area (Å²) in [5, 5.41) is 3.93. The summed E-state index contributed by atoms with van der Waals surface area (Å²) in [5.74, 6) is 1.60. The first kappa shape index (κ1) is 19.8. The molecule has 0 atom stereocenters. The minimum absolute atomic E-state index is 0.214. The van der Waals surface area contributed by atoms with Crippen LogP contribution < -0.4 is 5.32 Å². The number of Topliss-reactive ketones (excluding diaryl/α,β-unsaturated/α-hetero) is 1. The molecule has 2 aromatic carbocycles. The first-order chi connectivity index (χ1) is 15.5. The number of benzene rings is 2. The molecular formula is C28H30N2O2. The van der Waals surface area contributed by atoms with Crippen LogP contribution in [-0.4, -0.2) is 22.8 Å². The molecule has 1 N–H and O–H groups in total. The van der Waals surface area contributed by atoms with Crippen LogP contribution in [0.25, 0.3) is 22.2 Å². The molecule has 1 heterocycles. The van der Waals surface area contributed by atoms with Crippen LogP contribution in [0.5, 0.6) is 0 Å². The second kappa shape index (κ2) is 7.33. The third kappa shape index (κ3) is 3.11. The average molecular weight is 427 g/mol. The number of hydrogen-bond acceptors (Lipinski definition) is 2. The monoisotopic (exact) mass is 426 g/mol. The van der Waals surface area contributed by atoms with Crippen molar-refractivity contribution in [2.45, 2.75) is 38.5 Å². The first-order valence-corrected chi connectivity index (χ1v) is 12.0. The van der Waals surface area contributed by atoms with Gasteiger partial charge in [-0.05, 0) is 73.3 Å². The van der Waals surface area contributed by atoms with Crippen LogP contribution in [0.3, 0.4) is 0 Å². The maximum atomic E-state index is 13.6. The SMILES string of the molecule is Cn1c(-c2ccccc2)c(C(=O)C(=O)NCC23CC4CC(CC(C4)C2)C3)c2ccccc21. The van der Waals surface area contributed by atoms with E-state index in [9.17, 15) is 9.59 Å². The summed E-state index contributed by atoms with van der Waals surface area (Å²) < 4.78 is 2.03. The average Bonchev–Trinajstić information content (AvgIpc) is 3.09. The van der Waals surface area contributed by atoms with Crippen molar-refractivity contribution >= 4 is 22.6 Å². The molecule has 4 fully saturated rings. The zero-order chi connectivity index (χ0) is 21.9. The Labute approximate surface area is 189 Å². The van der Waals surface area contributed by atoms with Crippen LogP contribution >= 0.6 is 0 Å². The molecule has 4 bridgehead atoms. The summed E-state index contributed by atoms with van der Waals surface area (Å²) in [5.41, 5.74) is 3.44. The number of carbonyl (C=O) groups excluding carboxylic acids is 2. The summed E-state index contributed by atoms with van der Waals surface area (Å²) in [4.78, 5) is 26.8. The number of nitrogens with zero attached hydrogens (tertiary/aromatic N) is 1. The van der Waals surface area contributed by atoms with Crippen LogP contribution in [0.4, 0.5) is 0 Å². The Morgan fingerprint density at radius 3 is 2.16 bits per heavy atom. The Balaban J connectivity index is 1.31. The van der Waals surface area contributed by atoms with Gasteiger partial charge in [0, 0.05) is 24.5 Å². The topological polar surface area (TPSA) is 51.1 Å². The highest BCUT2D eigenvalue weighted by Crippen LogP contribution is 2.59. The number of nitrogens with one attached hydrogen (secondary N) is 1. The number of aromatic nitrogens is 1. The fourth-order valence-electron chi connectivity index (χ4n) is 7.53. The Morgan fingerprint density at radius 1 is 0.906 bits per heavy atom. The van der Waals surface area contributed by atoms with Crippen LogP contribution in [0.15, 0.2) is 54.6 Å². The maximum absolute atomic E-state index is 13.6. The molecule has 4 aliphatic rings. The molecule has 3 aromatic rings. The number of amides is 1. The van der Waals surface area contributed by atoms with Crippen molar-refractivity contribution in [3.8, 4) is 11.3 Å². The van der Waals surface area contributed by atoms with Gasteiger partial charge in [-0.2, -0.15) is 0 Å². The molecule has 4 aliphatic carbocycles. The predicted molar refractivity (Wildman–Crippen MR) is 126 cm³/mol. The van der Waals surface area contributed by atoms with E-state index in [2.05, 4.69) is 5.32 Å². The van der Waals surface area contributed by atoms with Crippen molar-refractivity contribution in [2.75, 3.05) is 6.54 Å². The molecule has 0 radical (unpaired) electrons. The predicted octanol–water partition coefficient (Wildman–Crippen LogP) is 5.36. The lowest BCUT2D eigenvalue weighted by molar-refractivity contribution is -0.119. The van der Waals surface area contributed by atoms with Gasteiger partial charge in [-0.25, -0.2) is 0 Å². The van der Waals surface area contributed by atoms with E-state index in [4.69, 9.17) is 0 Å². The van der Waals surface area contributed by atoms with Gasteiger partial charge in [-0.15, -0.1) is 0 Å². The Hall–Kier alpha value is -2.88. The van der Waals surface area contributed by atoms with Gasteiger partial charge in [0.05, 0.1) is 11.3 Å². The highest BCUT2D eigenvalue weighted by Gasteiger charge is 2.50. The third-order valence-corrected chi connectivity index (χ3v) is 8.38. The molecule has 0 spiro atoms. The molecule has 7 rings (SSSR count). The number of fused-ring (bicyclic) bond motifs is 1. The van der Waals surface area contributed by atoms with Gasteiger partial charge < -0.3 is 9.88 Å². The molecule has 164 valence electrons. The van der Waals surface area contributed by atoms with Crippen molar-refractivity contribution in [2.24, 2.45) is 30.2 Å². The summed E-state index contributed by atoms with van der Waals surface area (Å²) >= 11 is 0. The van der Waals surface area contributed by atoms with E-state index in [1.807, 2.05) is 66.2 Å². The normalized spacial score (nSPS) is 28.2. The first-order valence-electron chi connectivity index (χ1n) is 12.0. The highest BCUT2D eigenvalue weighted by atomic mass is 16.2. The summed E-state index contributed by atoms with van der Waals surface area (Å²) in [6.07, 6.45) is 7.79. The van der Waals surface area contributed by atoms with Crippen molar-refractivity contribution in [1.29, 1.82) is 0 Å². The molecule has 0 saturated heterocycles. The molecule has 1 amide bonds. The fourth-order valence-corrected chi connectivity index (χ4v) is 7.53. The lowest BCUT2D eigenvalue weighted by Gasteiger charge is -2.56. The molecule has 4 nitrogen and oxygen atoms in total. The standard InChI is InChI=1S/C28H30N2O2/c1-30-23-10-6-5-9-22(23)24(25(30)21-7-3-2-4-8-21)26(31)27(32)29-17-28-14-18-11-19(15-28)13-20(12-18)16-28/h2-10,18-20H,11-17H2,1H3,(H,29,32). The minimum atomic E-state index is -0.464. The van der Waals surface area contributed by atoms with Crippen LogP contribution in [0.1, 0.15) is 48.9 Å². The van der Waals surface area contributed by atoms with Crippen LogP contribution in [-0.2, 0) is 11.8 Å². The zero-order valence-electron chi connectivity index (χ0n) is 18.6. The fraction of sp³-hybridized carbons (Fsp3) is 0.429. The Morgan fingerprint density at radius 2 is 1.50 bits per heavy atom. The van der Waals surface area contributed by atoms with Crippen molar-refractivity contribution < 1.29 is 9.59 Å². The van der Waals surface area contributed by atoms with Crippen molar-refractivity contribution in [3.63, 3.8) is 0 Å². The van der Waals surface area contributed by atoms with E-state index in [0.717, 1.165) is 39.9 Å². The number of hydrogen-bond donors (Lipinski definition) is 1. The Bertz CT molecular complexity index is 1170. The number of para-hydroxylation sites is 1. The van der Waals surface area contributed by atoms with Crippen LogP contribution in [0.2, 0.25) is 0 Å². The number of ketones is 1. The van der Waals surface area contributed by atoms with E-state index >= 15 is 0 Å². The maximum Gasteiger partial charge on any atom is 0.292 e. The molecule has 1 aromatic heterocycles. The van der Waals surface area contributed by atoms with E-state index in [1.54, 1.807) is 0 Å². The van der Waals surface area contributed by atoms with Gasteiger partial charge in [0.2, 0.25) is 0 Å². The smallest absolute Gasteiger partial charge is 0.292 e. The molecule has 0 unspecified atom stereocenters. The molecule has 32 heavy (non-hydrogen) atoms. The van der Waals surface area contributed by atoms with E-state index in [0.29, 0.717) is 12.1 Å². The minimum Gasteiger partial charge on any atom is -0.349 e. The molecule has 0 aliphatic heterocycles. The number of aryl methyl sites for hydroxylation is 1. The third-order valence-electron chi connectivity index (χ3n) is 8.38. The van der Waals surface area contributed by atoms with E-state index in [1.165, 1.54) is 38.5 Å². The summed E-state index contributed by atoms with van der Waals surface area (Å²) in [6, 6.07) is 17.7. The highest BCUT2D eigenvalue weighted by molar-refractivity contribution is 6.46. The van der Waals surface area contributed by atoms with E-state index < -0.39 is 11.7 Å². The molecule has 4 saturated carbocycles. The van der Waals surface area contributed by atoms with Crippen LogP contribution in [0, 0.1) is 23.2 Å². The van der Waals surface area contributed by atoms with Gasteiger partial charge in [-0.1, -0.05) is 48.5 Å². The van der Waals surface area contributed by atoms with Gasteiger partial charge in [0.1, 0.15) is 0 Å². The van der Waals surface area contributed by atoms with Gasteiger partial charge in [0.25, 0.3) is 11.7 Å². The summed E-state index contributed by atoms with van der Waals surface area (Å²) in [7, 11) is 1.97. The molecule has 4 heteroatoms. The second-order valence-electron chi connectivity index (χ2n) is 10.6.